The van der Waals surface area contributed by atoms with E-state index in [-0.39, 0.29) is 30.1 Å². The topological polar surface area (TPSA) is 108 Å². The number of carbonyl (C=O) groups excluding carboxylic acids is 3. The van der Waals surface area contributed by atoms with Crippen LogP contribution in [0.25, 0.3) is 0 Å². The Morgan fingerprint density at radius 3 is 2.03 bits per heavy atom. The van der Waals surface area contributed by atoms with E-state index in [9.17, 15) is 19.5 Å². The van der Waals surface area contributed by atoms with Crippen LogP contribution in [-0.2, 0) is 14.4 Å². The zero-order valence-corrected chi connectivity index (χ0v) is 19.2. The Kier molecular flexibility index (Phi) is 13.4. The molecule has 3 atom stereocenters. The van der Waals surface area contributed by atoms with E-state index in [0.717, 1.165) is 32.1 Å². The van der Waals surface area contributed by atoms with Gasteiger partial charge in [0.2, 0.25) is 17.7 Å². The van der Waals surface area contributed by atoms with Gasteiger partial charge < -0.3 is 21.1 Å². The van der Waals surface area contributed by atoms with Gasteiger partial charge in [-0.2, -0.15) is 0 Å². The lowest BCUT2D eigenvalue weighted by Crippen LogP contribution is -2.49. The third-order valence-electron chi connectivity index (χ3n) is 5.58. The van der Waals surface area contributed by atoms with Crippen molar-refractivity contribution in [1.29, 1.82) is 0 Å². The smallest absolute Gasteiger partial charge is 0.242 e. The summed E-state index contributed by atoms with van der Waals surface area (Å²) in [5.41, 5.74) is 0. The summed E-state index contributed by atoms with van der Waals surface area (Å²) >= 11 is 0. The summed E-state index contributed by atoms with van der Waals surface area (Å²) < 4.78 is 0. The first-order chi connectivity index (χ1) is 14.3. The van der Waals surface area contributed by atoms with Crippen molar-refractivity contribution in [3.63, 3.8) is 0 Å². The number of amides is 3. The summed E-state index contributed by atoms with van der Waals surface area (Å²) in [6.07, 6.45) is 9.74. The quantitative estimate of drug-likeness (QED) is 0.546. The molecule has 0 saturated carbocycles. The maximum atomic E-state index is 12.3. The van der Waals surface area contributed by atoms with Crippen molar-refractivity contribution in [3.8, 4) is 0 Å². The Hall–Kier alpha value is -1.63. The zero-order chi connectivity index (χ0) is 22.4. The van der Waals surface area contributed by atoms with Gasteiger partial charge in [0.25, 0.3) is 0 Å². The highest BCUT2D eigenvalue weighted by Gasteiger charge is 2.26. The average Bonchev–Trinajstić information content (AvgIpc) is 2.66. The van der Waals surface area contributed by atoms with Crippen molar-refractivity contribution in [1.82, 2.24) is 16.0 Å². The monoisotopic (exact) mass is 425 g/mol. The fraction of sp³-hybridized carbons (Fsp3) is 0.870. The number of hydrogen-bond acceptors (Lipinski definition) is 4. The largest absolute Gasteiger partial charge is 0.390 e. The molecule has 7 heteroatoms. The van der Waals surface area contributed by atoms with Crippen LogP contribution in [0.2, 0.25) is 0 Å². The van der Waals surface area contributed by atoms with Crippen LogP contribution < -0.4 is 16.0 Å². The standard InChI is InChI=1S/C23H43N3O4/c1-17(2)15-19-20(27)16-22(29)25-18(3)23(30)24-14-12-10-8-6-4-5-7-9-11-13-21(28)26-19/h17-20,27H,4-16H2,1-3H3,(H,24,30)(H,25,29)(H,26,28)/t18-,19-,20-/m0/s1. The minimum Gasteiger partial charge on any atom is -0.390 e. The normalized spacial score (nSPS) is 27.5. The van der Waals surface area contributed by atoms with Crippen molar-refractivity contribution in [2.75, 3.05) is 6.54 Å². The van der Waals surface area contributed by atoms with E-state index in [1.807, 2.05) is 13.8 Å². The molecule has 3 amide bonds. The van der Waals surface area contributed by atoms with Crippen molar-refractivity contribution in [2.24, 2.45) is 5.92 Å². The molecule has 1 heterocycles. The van der Waals surface area contributed by atoms with E-state index in [1.165, 1.54) is 25.7 Å². The van der Waals surface area contributed by atoms with Crippen LogP contribution in [0.5, 0.6) is 0 Å². The summed E-state index contributed by atoms with van der Waals surface area (Å²) in [6.45, 7) is 6.29. The summed E-state index contributed by atoms with van der Waals surface area (Å²) in [4.78, 5) is 36.8. The van der Waals surface area contributed by atoms with Crippen LogP contribution in [0.3, 0.4) is 0 Å². The van der Waals surface area contributed by atoms with Gasteiger partial charge in [-0.3, -0.25) is 14.4 Å². The molecular formula is C23H43N3O4. The minimum absolute atomic E-state index is 0.0706. The Morgan fingerprint density at radius 1 is 0.867 bits per heavy atom. The van der Waals surface area contributed by atoms with E-state index in [0.29, 0.717) is 19.4 Å². The van der Waals surface area contributed by atoms with Crippen LogP contribution in [0, 0.1) is 5.92 Å². The Balaban J connectivity index is 2.69. The molecule has 0 unspecified atom stereocenters. The second-order valence-corrected chi connectivity index (χ2v) is 9.09. The maximum Gasteiger partial charge on any atom is 0.242 e. The van der Waals surface area contributed by atoms with Crippen LogP contribution in [0.4, 0.5) is 0 Å². The fourth-order valence-corrected chi connectivity index (χ4v) is 3.81. The van der Waals surface area contributed by atoms with Gasteiger partial charge in [0.15, 0.2) is 0 Å². The summed E-state index contributed by atoms with van der Waals surface area (Å²) in [5.74, 6) is -0.402. The minimum atomic E-state index is -0.985. The van der Waals surface area contributed by atoms with Crippen molar-refractivity contribution in [2.45, 2.75) is 116 Å². The van der Waals surface area contributed by atoms with E-state index >= 15 is 0 Å². The van der Waals surface area contributed by atoms with Gasteiger partial charge in [-0.1, -0.05) is 58.8 Å². The number of aliphatic hydroxyl groups excluding tert-OH is 1. The molecule has 0 aromatic heterocycles. The van der Waals surface area contributed by atoms with Gasteiger partial charge in [0.1, 0.15) is 6.04 Å². The predicted octanol–water partition coefficient (Wildman–Crippen LogP) is 2.80. The number of nitrogens with one attached hydrogen (secondary N) is 3. The first-order valence-corrected chi connectivity index (χ1v) is 11.8. The molecule has 7 nitrogen and oxygen atoms in total. The maximum absolute atomic E-state index is 12.3. The molecule has 0 bridgehead atoms. The van der Waals surface area contributed by atoms with Crippen molar-refractivity contribution < 1.29 is 19.5 Å². The number of carbonyl (C=O) groups is 3. The molecule has 0 aromatic carbocycles. The van der Waals surface area contributed by atoms with Gasteiger partial charge in [0.05, 0.1) is 18.6 Å². The van der Waals surface area contributed by atoms with Crippen molar-refractivity contribution >= 4 is 17.7 Å². The van der Waals surface area contributed by atoms with E-state index in [4.69, 9.17) is 0 Å². The predicted molar refractivity (Wildman–Crippen MR) is 119 cm³/mol. The first kappa shape index (κ1) is 26.4. The summed E-state index contributed by atoms with van der Waals surface area (Å²) in [7, 11) is 0. The Labute approximate surface area is 182 Å². The molecule has 0 aliphatic carbocycles. The number of hydrogen-bond donors (Lipinski definition) is 4. The Morgan fingerprint density at radius 2 is 1.43 bits per heavy atom. The molecule has 4 N–H and O–H groups in total. The Bertz CT molecular complexity index is 525. The van der Waals surface area contributed by atoms with Gasteiger partial charge in [0, 0.05) is 13.0 Å². The average molecular weight is 426 g/mol. The van der Waals surface area contributed by atoms with Gasteiger partial charge in [-0.15, -0.1) is 0 Å². The second kappa shape index (κ2) is 15.2. The molecular weight excluding hydrogens is 382 g/mol. The van der Waals surface area contributed by atoms with Gasteiger partial charge in [-0.25, -0.2) is 0 Å². The van der Waals surface area contributed by atoms with E-state index in [1.54, 1.807) is 6.92 Å². The lowest BCUT2D eigenvalue weighted by Gasteiger charge is -2.26. The molecule has 1 aliphatic rings. The molecule has 1 rings (SSSR count). The molecule has 1 aliphatic heterocycles. The van der Waals surface area contributed by atoms with E-state index in [2.05, 4.69) is 16.0 Å². The molecule has 0 radical (unpaired) electrons. The van der Waals surface area contributed by atoms with Crippen LogP contribution in [-0.4, -0.2) is 47.6 Å². The lowest BCUT2D eigenvalue weighted by molar-refractivity contribution is -0.130. The zero-order valence-electron chi connectivity index (χ0n) is 19.2. The number of rotatable bonds is 2. The van der Waals surface area contributed by atoms with Gasteiger partial charge in [-0.05, 0) is 32.1 Å². The molecule has 0 spiro atoms. The highest BCUT2D eigenvalue weighted by Crippen LogP contribution is 2.13. The second-order valence-electron chi connectivity index (χ2n) is 9.09. The van der Waals surface area contributed by atoms with Gasteiger partial charge >= 0.3 is 0 Å². The molecule has 1 fully saturated rings. The lowest BCUT2D eigenvalue weighted by atomic mass is 9.96. The molecule has 174 valence electrons. The SMILES string of the molecule is CC(C)C[C@@H]1NC(=O)CCCCCCCCCCCNC(=O)[C@H](C)NC(=O)C[C@@H]1O. The third kappa shape index (κ3) is 12.2. The van der Waals surface area contributed by atoms with Crippen LogP contribution in [0.15, 0.2) is 0 Å². The molecule has 30 heavy (non-hydrogen) atoms. The molecule has 1 saturated heterocycles. The highest BCUT2D eigenvalue weighted by atomic mass is 16.3. The summed E-state index contributed by atoms with van der Waals surface area (Å²) in [6, 6.07) is -1.13. The third-order valence-corrected chi connectivity index (χ3v) is 5.58. The number of aliphatic hydroxyl groups is 1. The first-order valence-electron chi connectivity index (χ1n) is 11.8. The van der Waals surface area contributed by atoms with Crippen LogP contribution >= 0.6 is 0 Å². The van der Waals surface area contributed by atoms with Crippen LogP contribution in [0.1, 0.15) is 97.8 Å². The van der Waals surface area contributed by atoms with E-state index < -0.39 is 18.2 Å². The van der Waals surface area contributed by atoms with Crippen molar-refractivity contribution in [3.05, 3.63) is 0 Å². The fourth-order valence-electron chi connectivity index (χ4n) is 3.81. The molecule has 0 aromatic rings. The summed E-state index contributed by atoms with van der Waals surface area (Å²) in [5, 5.41) is 19.0. The highest BCUT2D eigenvalue weighted by molar-refractivity contribution is 5.87.